The van der Waals surface area contributed by atoms with Crippen LogP contribution in [0.3, 0.4) is 0 Å². The molecular formula is C68H36N4S3. The maximum atomic E-state index is 12.5. The van der Waals surface area contributed by atoms with E-state index in [9.17, 15) is 11.8 Å². The molecule has 0 atom stereocenters. The molecule has 346 valence electrons. The molecule has 4 nitrogen and oxygen atoms in total. The number of benzene rings is 11. The van der Waals surface area contributed by atoms with Gasteiger partial charge in [-0.1, -0.05) is 188 Å². The molecule has 16 rings (SSSR count). The number of hydrogen-bond donors (Lipinski definition) is 0. The Balaban J connectivity index is 1.19. The van der Waals surface area contributed by atoms with Crippen LogP contribution in [-0.2, 0) is 0 Å². The molecule has 0 saturated heterocycles. The number of rotatable bonds is 5. The maximum Gasteiger partial charge on any atom is 0.221 e. The summed E-state index contributed by atoms with van der Waals surface area (Å²) in [6.45, 7) is 9.74. The Bertz CT molecular complexity index is 4990. The second-order valence-corrected chi connectivity index (χ2v) is 22.4. The number of fused-ring (bicyclic) bond motifs is 18. The minimum absolute atomic E-state index is 0.414. The van der Waals surface area contributed by atoms with Crippen LogP contribution in [0.1, 0.15) is 5.56 Å². The van der Waals surface area contributed by atoms with Crippen LogP contribution in [-0.4, -0.2) is 9.13 Å². The molecule has 5 aromatic heterocycles. The van der Waals surface area contributed by atoms with Gasteiger partial charge < -0.3 is 9.13 Å². The summed E-state index contributed by atoms with van der Waals surface area (Å²) in [4.78, 5) is 4.77. The lowest BCUT2D eigenvalue weighted by Crippen LogP contribution is -2.08. The van der Waals surface area contributed by atoms with E-state index in [1.807, 2.05) is 23.5 Å². The van der Waals surface area contributed by atoms with Crippen molar-refractivity contribution in [2.24, 2.45) is 0 Å². The number of para-hydroxylation sites is 1. The third-order valence-corrected chi connectivity index (χ3v) is 18.9. The third kappa shape index (κ3) is 5.83. The minimum Gasteiger partial charge on any atom is -0.315 e. The summed E-state index contributed by atoms with van der Waals surface area (Å²) in [5, 5.41) is 24.0. The van der Waals surface area contributed by atoms with E-state index < -0.39 is 0 Å². The van der Waals surface area contributed by atoms with Gasteiger partial charge in [-0.3, -0.25) is 0 Å². The second-order valence-electron chi connectivity index (χ2n) is 19.2. The molecule has 0 N–H and O–H groups in total. The molecule has 0 aliphatic heterocycles. The lowest BCUT2D eigenvalue weighted by atomic mass is 9.88. The molecule has 11 aromatic carbocycles. The van der Waals surface area contributed by atoms with Crippen molar-refractivity contribution in [3.05, 3.63) is 235 Å². The minimum atomic E-state index is 0.414. The first kappa shape index (κ1) is 42.2. The van der Waals surface area contributed by atoms with E-state index in [0.717, 1.165) is 103 Å². The summed E-state index contributed by atoms with van der Waals surface area (Å²) >= 11 is 5.37. The lowest BCUT2D eigenvalue weighted by molar-refractivity contribution is 1.15. The molecule has 0 amide bonds. The van der Waals surface area contributed by atoms with E-state index in [0.29, 0.717) is 16.9 Å². The fourth-order valence-corrected chi connectivity index (χ4v) is 15.9. The van der Waals surface area contributed by atoms with Crippen LogP contribution in [0.5, 0.6) is 0 Å². The SMILES string of the molecule is [C-]#[N+]c1c(-c2ccccc2)c(-n2c3ccc4sc5ccccc5c4c3c3cccc(-c4ccccc4)c32)c(-c2ccccc2)c(C#N)c1-n1c2c(ccc3c4ccccc4sc32)c2ccc3c4ccccc4sc3c21. The van der Waals surface area contributed by atoms with Crippen LogP contribution in [0, 0.1) is 17.9 Å². The summed E-state index contributed by atoms with van der Waals surface area (Å²) in [6, 6.07) is 80.7. The van der Waals surface area contributed by atoms with Gasteiger partial charge >= 0.3 is 0 Å². The highest BCUT2D eigenvalue weighted by Gasteiger charge is 2.34. The first-order valence-electron chi connectivity index (χ1n) is 24.9. The molecule has 16 aromatic rings. The predicted molar refractivity (Wildman–Crippen MR) is 321 cm³/mol. The van der Waals surface area contributed by atoms with Crippen LogP contribution in [0.4, 0.5) is 5.69 Å². The Hall–Kier alpha value is -9.34. The molecule has 5 heterocycles. The first-order valence-corrected chi connectivity index (χ1v) is 27.4. The van der Waals surface area contributed by atoms with Crippen LogP contribution in [0.2, 0.25) is 0 Å². The summed E-state index contributed by atoms with van der Waals surface area (Å²) < 4.78 is 11.8. The summed E-state index contributed by atoms with van der Waals surface area (Å²) in [5.74, 6) is 0. The van der Waals surface area contributed by atoms with Crippen molar-refractivity contribution in [2.75, 3.05) is 0 Å². The third-order valence-electron chi connectivity index (χ3n) is 15.4. The van der Waals surface area contributed by atoms with E-state index in [1.165, 1.54) is 40.3 Å². The molecule has 0 aliphatic carbocycles. The number of thiophene rings is 3. The quantitative estimate of drug-likeness (QED) is 0.158. The van der Waals surface area contributed by atoms with Gasteiger partial charge in [0.05, 0.1) is 55.0 Å². The van der Waals surface area contributed by atoms with Crippen molar-refractivity contribution in [3.63, 3.8) is 0 Å². The highest BCUT2D eigenvalue weighted by atomic mass is 32.1. The molecule has 0 fully saturated rings. The molecular weight excluding hydrogens is 969 g/mol. The molecule has 0 unspecified atom stereocenters. The molecule has 0 bridgehead atoms. The average Bonchev–Trinajstić information content (AvgIpc) is 4.44. The van der Waals surface area contributed by atoms with Gasteiger partial charge in [-0.05, 0) is 47.0 Å². The molecule has 0 aliphatic rings. The maximum absolute atomic E-state index is 12.5. The van der Waals surface area contributed by atoms with Gasteiger partial charge in [0.2, 0.25) is 5.69 Å². The molecule has 0 saturated carbocycles. The zero-order chi connectivity index (χ0) is 49.5. The van der Waals surface area contributed by atoms with Crippen LogP contribution in [0.25, 0.3) is 154 Å². The van der Waals surface area contributed by atoms with Crippen molar-refractivity contribution >= 4 is 144 Å². The fraction of sp³-hybridized carbons (Fsp3) is 0. The second kappa shape index (κ2) is 16.1. The van der Waals surface area contributed by atoms with Crippen molar-refractivity contribution in [2.45, 2.75) is 0 Å². The summed E-state index contributed by atoms with van der Waals surface area (Å²) in [6.07, 6.45) is 0. The Morgan fingerprint density at radius 1 is 0.373 bits per heavy atom. The zero-order valence-electron chi connectivity index (χ0n) is 39.8. The van der Waals surface area contributed by atoms with Crippen molar-refractivity contribution < 1.29 is 0 Å². The molecule has 75 heavy (non-hydrogen) atoms. The van der Waals surface area contributed by atoms with Gasteiger partial charge in [-0.2, -0.15) is 5.26 Å². The predicted octanol–water partition coefficient (Wildman–Crippen LogP) is 20.4. The average molecular weight is 1010 g/mol. The van der Waals surface area contributed by atoms with Gasteiger partial charge in [-0.25, -0.2) is 4.85 Å². The van der Waals surface area contributed by atoms with Gasteiger partial charge in [0.15, 0.2) is 0 Å². The number of aromatic nitrogens is 2. The first-order chi connectivity index (χ1) is 37.2. The highest BCUT2D eigenvalue weighted by molar-refractivity contribution is 7.27. The van der Waals surface area contributed by atoms with E-state index in [1.54, 1.807) is 22.7 Å². The highest BCUT2D eigenvalue weighted by Crippen LogP contribution is 2.56. The van der Waals surface area contributed by atoms with Gasteiger partial charge in [0.25, 0.3) is 0 Å². The fourth-order valence-electron chi connectivity index (χ4n) is 12.4. The number of nitriles is 1. The van der Waals surface area contributed by atoms with Gasteiger partial charge in [-0.15, -0.1) is 34.0 Å². The summed E-state index contributed by atoms with van der Waals surface area (Å²) in [5.41, 5.74) is 11.7. The van der Waals surface area contributed by atoms with E-state index in [4.69, 9.17) is 4.85 Å². The Morgan fingerprint density at radius 2 is 0.880 bits per heavy atom. The summed E-state index contributed by atoms with van der Waals surface area (Å²) in [7, 11) is 0. The molecule has 0 radical (unpaired) electrons. The Labute approximate surface area is 441 Å². The monoisotopic (exact) mass is 1000 g/mol. The van der Waals surface area contributed by atoms with Crippen molar-refractivity contribution in [1.29, 1.82) is 5.26 Å². The van der Waals surface area contributed by atoms with E-state index in [-0.39, 0.29) is 0 Å². The normalized spacial score (nSPS) is 12.0. The number of nitrogens with zero attached hydrogens (tertiary/aromatic N) is 4. The smallest absolute Gasteiger partial charge is 0.221 e. The Morgan fingerprint density at radius 3 is 1.47 bits per heavy atom. The van der Waals surface area contributed by atoms with Crippen LogP contribution in [0.15, 0.2) is 218 Å². The molecule has 7 heteroatoms. The zero-order valence-corrected chi connectivity index (χ0v) is 42.2. The van der Waals surface area contributed by atoms with Crippen LogP contribution >= 0.6 is 34.0 Å². The largest absolute Gasteiger partial charge is 0.315 e. The van der Waals surface area contributed by atoms with Gasteiger partial charge in [0, 0.05) is 89.4 Å². The van der Waals surface area contributed by atoms with E-state index >= 15 is 0 Å². The van der Waals surface area contributed by atoms with Gasteiger partial charge in [0.1, 0.15) is 6.07 Å². The number of hydrogen-bond acceptors (Lipinski definition) is 4. The van der Waals surface area contributed by atoms with E-state index in [2.05, 4.69) is 221 Å². The van der Waals surface area contributed by atoms with Crippen molar-refractivity contribution in [3.8, 4) is 50.8 Å². The molecule has 0 spiro atoms. The standard InChI is InChI=1S/C68H36N4S3/c1-70-61-58(41-22-9-4-10-23-41)66(71-52-36-37-56-60(49-26-13-16-31-55(49)73-56)59(52)50-28-17-27-42(62(50)71)39-18-5-2-6-19-39)57(40-20-7-3-8-21-40)51(38-69)63(61)72-64-45(32-34-47-43-24-11-14-29-53(43)74-67(47)64)46-33-35-48-44-25-12-15-30-54(44)75-68(48)65(46)72/h2-37H. The lowest BCUT2D eigenvalue weighted by Gasteiger charge is -2.26. The van der Waals surface area contributed by atoms with Crippen LogP contribution < -0.4 is 0 Å². The topological polar surface area (TPSA) is 38.0 Å². The Kier molecular flexibility index (Phi) is 9.05. The van der Waals surface area contributed by atoms with Crippen molar-refractivity contribution in [1.82, 2.24) is 9.13 Å².